The van der Waals surface area contributed by atoms with Gasteiger partial charge in [0.25, 0.3) is 0 Å². The van der Waals surface area contributed by atoms with Crippen molar-refractivity contribution in [3.05, 3.63) is 30.3 Å². The first kappa shape index (κ1) is 13.4. The van der Waals surface area contributed by atoms with E-state index >= 15 is 0 Å². The predicted octanol–water partition coefficient (Wildman–Crippen LogP) is 1.93. The monoisotopic (exact) mass is 247 g/mol. The molecule has 1 aliphatic heterocycles. The zero-order valence-corrected chi connectivity index (χ0v) is 11.8. The Morgan fingerprint density at radius 3 is 2.50 bits per heavy atom. The van der Waals surface area contributed by atoms with Crippen molar-refractivity contribution in [3.8, 4) is 0 Å². The molecular formula is C15H25N3. The van der Waals surface area contributed by atoms with Crippen LogP contribution in [0.25, 0.3) is 0 Å². The molecule has 2 rings (SSSR count). The van der Waals surface area contributed by atoms with Crippen LogP contribution in [0.2, 0.25) is 0 Å². The number of hydrogen-bond donors (Lipinski definition) is 1. The van der Waals surface area contributed by atoms with Gasteiger partial charge in [-0.15, -0.1) is 0 Å². The summed E-state index contributed by atoms with van der Waals surface area (Å²) in [4.78, 5) is 4.89. The molecule has 1 unspecified atom stereocenters. The summed E-state index contributed by atoms with van der Waals surface area (Å²) in [6.07, 6.45) is 1.15. The van der Waals surface area contributed by atoms with E-state index in [0.29, 0.717) is 12.6 Å². The Morgan fingerprint density at radius 2 is 2.00 bits per heavy atom. The fourth-order valence-corrected chi connectivity index (χ4v) is 2.83. The Hall–Kier alpha value is -1.06. The highest BCUT2D eigenvalue weighted by atomic mass is 15.3. The number of benzene rings is 1. The van der Waals surface area contributed by atoms with E-state index in [2.05, 4.69) is 61.0 Å². The maximum absolute atomic E-state index is 6.10. The van der Waals surface area contributed by atoms with Crippen molar-refractivity contribution in [2.75, 3.05) is 31.6 Å². The Labute approximate surface area is 111 Å². The van der Waals surface area contributed by atoms with Gasteiger partial charge in [0.15, 0.2) is 0 Å². The van der Waals surface area contributed by atoms with Gasteiger partial charge in [0.2, 0.25) is 0 Å². The lowest BCUT2D eigenvalue weighted by molar-refractivity contribution is 0.255. The smallest absolute Gasteiger partial charge is 0.0659 e. The molecule has 1 fully saturated rings. The highest BCUT2D eigenvalue weighted by Crippen LogP contribution is 2.31. The van der Waals surface area contributed by atoms with Gasteiger partial charge in [0.05, 0.1) is 5.54 Å². The number of para-hydroxylation sites is 1. The third-order valence-corrected chi connectivity index (χ3v) is 4.33. The van der Waals surface area contributed by atoms with Crippen LogP contribution in [0.15, 0.2) is 30.3 Å². The van der Waals surface area contributed by atoms with Crippen LogP contribution in [0.1, 0.15) is 20.3 Å². The van der Waals surface area contributed by atoms with Crippen molar-refractivity contribution in [1.82, 2.24) is 4.90 Å². The average molecular weight is 247 g/mol. The van der Waals surface area contributed by atoms with Gasteiger partial charge < -0.3 is 10.6 Å². The number of hydrogen-bond acceptors (Lipinski definition) is 3. The average Bonchev–Trinajstić information content (AvgIpc) is 2.85. The fourth-order valence-electron chi connectivity index (χ4n) is 2.83. The standard InChI is InChI=1S/C15H25N3/c1-13(2)18-10-9-15(11-16,12-18)17(3)14-7-5-4-6-8-14/h4-8,13H,9-12,16H2,1-3H3. The first-order chi connectivity index (χ1) is 8.59. The normalized spacial score (nSPS) is 24.7. The van der Waals surface area contributed by atoms with Crippen LogP contribution < -0.4 is 10.6 Å². The first-order valence-electron chi connectivity index (χ1n) is 6.82. The summed E-state index contributed by atoms with van der Waals surface area (Å²) >= 11 is 0. The molecule has 1 saturated heterocycles. The van der Waals surface area contributed by atoms with Crippen molar-refractivity contribution in [2.45, 2.75) is 31.8 Å². The van der Waals surface area contributed by atoms with Crippen LogP contribution >= 0.6 is 0 Å². The Bertz CT molecular complexity index is 377. The summed E-state index contributed by atoms with van der Waals surface area (Å²) in [5.41, 5.74) is 7.45. The van der Waals surface area contributed by atoms with Gasteiger partial charge in [-0.25, -0.2) is 0 Å². The molecule has 1 heterocycles. The molecule has 0 aromatic heterocycles. The summed E-state index contributed by atoms with van der Waals surface area (Å²) < 4.78 is 0. The molecule has 2 N–H and O–H groups in total. The lowest BCUT2D eigenvalue weighted by Crippen LogP contribution is -2.54. The third kappa shape index (κ3) is 2.38. The van der Waals surface area contributed by atoms with E-state index in [0.717, 1.165) is 19.5 Å². The van der Waals surface area contributed by atoms with Crippen LogP contribution in [-0.2, 0) is 0 Å². The SMILES string of the molecule is CC(C)N1CCC(CN)(N(C)c2ccccc2)C1. The molecule has 1 aliphatic rings. The lowest BCUT2D eigenvalue weighted by Gasteiger charge is -2.40. The highest BCUT2D eigenvalue weighted by Gasteiger charge is 2.41. The minimum atomic E-state index is 0.0889. The molecule has 0 saturated carbocycles. The molecule has 100 valence electrons. The second-order valence-electron chi connectivity index (χ2n) is 5.64. The van der Waals surface area contributed by atoms with E-state index in [1.807, 2.05) is 0 Å². The van der Waals surface area contributed by atoms with Gasteiger partial charge in [-0.05, 0) is 32.4 Å². The zero-order chi connectivity index (χ0) is 13.2. The van der Waals surface area contributed by atoms with Crippen molar-refractivity contribution < 1.29 is 0 Å². The van der Waals surface area contributed by atoms with Crippen LogP contribution in [0.5, 0.6) is 0 Å². The minimum Gasteiger partial charge on any atom is -0.366 e. The van der Waals surface area contributed by atoms with Crippen molar-refractivity contribution in [3.63, 3.8) is 0 Å². The van der Waals surface area contributed by atoms with Gasteiger partial charge in [0, 0.05) is 38.4 Å². The lowest BCUT2D eigenvalue weighted by atomic mass is 9.96. The maximum atomic E-state index is 6.10. The van der Waals surface area contributed by atoms with E-state index < -0.39 is 0 Å². The number of nitrogens with two attached hydrogens (primary N) is 1. The van der Waals surface area contributed by atoms with Gasteiger partial charge in [-0.2, -0.15) is 0 Å². The second kappa shape index (κ2) is 5.29. The molecule has 3 heteroatoms. The number of anilines is 1. The van der Waals surface area contributed by atoms with E-state index in [9.17, 15) is 0 Å². The first-order valence-corrected chi connectivity index (χ1v) is 6.82. The highest BCUT2D eigenvalue weighted by molar-refractivity contribution is 5.48. The molecular weight excluding hydrogens is 222 g/mol. The van der Waals surface area contributed by atoms with E-state index in [-0.39, 0.29) is 5.54 Å². The number of rotatable bonds is 4. The molecule has 0 spiro atoms. The fraction of sp³-hybridized carbons (Fsp3) is 0.600. The molecule has 0 bridgehead atoms. The summed E-state index contributed by atoms with van der Waals surface area (Å²) in [7, 11) is 2.17. The van der Waals surface area contributed by atoms with Crippen molar-refractivity contribution in [2.24, 2.45) is 5.73 Å². The molecule has 18 heavy (non-hydrogen) atoms. The Balaban J connectivity index is 2.19. The minimum absolute atomic E-state index is 0.0889. The van der Waals surface area contributed by atoms with Crippen LogP contribution in [0.3, 0.4) is 0 Å². The van der Waals surface area contributed by atoms with Crippen molar-refractivity contribution >= 4 is 5.69 Å². The van der Waals surface area contributed by atoms with Gasteiger partial charge >= 0.3 is 0 Å². The van der Waals surface area contributed by atoms with E-state index in [4.69, 9.17) is 5.73 Å². The predicted molar refractivity (Wildman–Crippen MR) is 78.0 cm³/mol. The Kier molecular flexibility index (Phi) is 3.93. The summed E-state index contributed by atoms with van der Waals surface area (Å²) in [6.45, 7) is 7.43. The summed E-state index contributed by atoms with van der Waals surface area (Å²) in [5.74, 6) is 0. The number of likely N-dealkylation sites (tertiary alicyclic amines) is 1. The molecule has 1 atom stereocenters. The van der Waals surface area contributed by atoms with Crippen LogP contribution in [0, 0.1) is 0 Å². The molecule has 3 nitrogen and oxygen atoms in total. The number of likely N-dealkylation sites (N-methyl/N-ethyl adjacent to an activating group) is 1. The van der Waals surface area contributed by atoms with Gasteiger partial charge in [0.1, 0.15) is 0 Å². The van der Waals surface area contributed by atoms with Crippen LogP contribution in [-0.4, -0.2) is 43.2 Å². The maximum Gasteiger partial charge on any atom is 0.0659 e. The van der Waals surface area contributed by atoms with Crippen molar-refractivity contribution in [1.29, 1.82) is 0 Å². The summed E-state index contributed by atoms with van der Waals surface area (Å²) in [5, 5.41) is 0. The Morgan fingerprint density at radius 1 is 1.33 bits per heavy atom. The molecule has 0 amide bonds. The quantitative estimate of drug-likeness (QED) is 0.882. The van der Waals surface area contributed by atoms with E-state index in [1.54, 1.807) is 0 Å². The number of nitrogens with zero attached hydrogens (tertiary/aromatic N) is 2. The third-order valence-electron chi connectivity index (χ3n) is 4.33. The topological polar surface area (TPSA) is 32.5 Å². The van der Waals surface area contributed by atoms with Gasteiger partial charge in [-0.1, -0.05) is 18.2 Å². The molecule has 1 aromatic rings. The van der Waals surface area contributed by atoms with E-state index in [1.165, 1.54) is 5.69 Å². The zero-order valence-electron chi connectivity index (χ0n) is 11.8. The largest absolute Gasteiger partial charge is 0.366 e. The van der Waals surface area contributed by atoms with Gasteiger partial charge in [-0.3, -0.25) is 4.90 Å². The summed E-state index contributed by atoms with van der Waals surface area (Å²) in [6, 6.07) is 11.2. The molecule has 0 aliphatic carbocycles. The molecule has 0 radical (unpaired) electrons. The second-order valence-corrected chi connectivity index (χ2v) is 5.64. The molecule has 1 aromatic carbocycles. The van der Waals surface area contributed by atoms with Crippen LogP contribution in [0.4, 0.5) is 5.69 Å².